The van der Waals surface area contributed by atoms with E-state index in [1.807, 2.05) is 79.0 Å². The van der Waals surface area contributed by atoms with Crippen LogP contribution in [0.15, 0.2) is 30.5 Å². The van der Waals surface area contributed by atoms with Gasteiger partial charge in [-0.3, -0.25) is 0 Å². The number of nitrogens with zero attached hydrogens (tertiary/aromatic N) is 5. The quantitative estimate of drug-likeness (QED) is 0.600. The molecule has 0 spiro atoms. The lowest BCUT2D eigenvalue weighted by atomic mass is 10.3. The third-order valence-electron chi connectivity index (χ3n) is 2.38. The van der Waals surface area contributed by atoms with Crippen molar-refractivity contribution in [3.63, 3.8) is 0 Å². The Kier molecular flexibility index (Phi) is 3.41. The second-order valence-corrected chi connectivity index (χ2v) is 4.60. The monoisotopic (exact) mass is 244 g/mol. The molecule has 0 saturated heterocycles. The molecule has 1 aromatic carbocycles. The number of hydrogen-bond donors (Lipinski definition) is 0. The molecule has 1 heterocycles. The average Bonchev–Trinajstić information content (AvgIpc) is 2.70. The summed E-state index contributed by atoms with van der Waals surface area (Å²) in [5.41, 5.74) is 2.87. The van der Waals surface area contributed by atoms with Crippen molar-refractivity contribution in [3.8, 4) is 0 Å². The standard InChI is InChI=1S/C13H18N5/c1-16(2)9-11(10-17(3)4)18-13-8-6-5-7-12(13)14-15-18/h5-10H,1-4H3/q+1. The van der Waals surface area contributed by atoms with Crippen LogP contribution in [0.25, 0.3) is 16.7 Å². The molecule has 0 atom stereocenters. The molecule has 5 heteroatoms. The van der Waals surface area contributed by atoms with Gasteiger partial charge in [-0.05, 0) is 12.1 Å². The number of hydrogen-bond acceptors (Lipinski definition) is 3. The zero-order valence-corrected chi connectivity index (χ0v) is 11.2. The summed E-state index contributed by atoms with van der Waals surface area (Å²) in [5, 5.41) is 8.38. The van der Waals surface area contributed by atoms with E-state index in [1.165, 1.54) is 0 Å². The molecule has 94 valence electrons. The minimum atomic E-state index is 0.898. The molecule has 0 radical (unpaired) electrons. The van der Waals surface area contributed by atoms with Crippen molar-refractivity contribution in [2.24, 2.45) is 0 Å². The molecule has 5 nitrogen and oxygen atoms in total. The van der Waals surface area contributed by atoms with Gasteiger partial charge < -0.3 is 4.90 Å². The van der Waals surface area contributed by atoms with Gasteiger partial charge in [0.05, 0.1) is 5.52 Å². The van der Waals surface area contributed by atoms with E-state index in [9.17, 15) is 0 Å². The molecule has 2 aromatic rings. The minimum absolute atomic E-state index is 0.898. The molecule has 0 N–H and O–H groups in total. The van der Waals surface area contributed by atoms with Gasteiger partial charge in [-0.1, -0.05) is 17.3 Å². The summed E-state index contributed by atoms with van der Waals surface area (Å²) in [4.78, 5) is 1.99. The average molecular weight is 244 g/mol. The van der Waals surface area contributed by atoms with Crippen molar-refractivity contribution in [3.05, 3.63) is 30.5 Å². The van der Waals surface area contributed by atoms with Crippen molar-refractivity contribution < 1.29 is 4.58 Å². The summed E-state index contributed by atoms with van der Waals surface area (Å²) in [7, 11) is 7.95. The Hall–Kier alpha value is -2.17. The summed E-state index contributed by atoms with van der Waals surface area (Å²) >= 11 is 0. The Labute approximate surface area is 107 Å². The van der Waals surface area contributed by atoms with Gasteiger partial charge >= 0.3 is 0 Å². The first kappa shape index (κ1) is 12.3. The highest BCUT2D eigenvalue weighted by Gasteiger charge is 2.09. The molecular weight excluding hydrogens is 226 g/mol. The third-order valence-corrected chi connectivity index (χ3v) is 2.38. The largest absolute Gasteiger partial charge is 0.382 e. The van der Waals surface area contributed by atoms with Crippen molar-refractivity contribution in [1.29, 1.82) is 0 Å². The Morgan fingerprint density at radius 3 is 2.67 bits per heavy atom. The fourth-order valence-corrected chi connectivity index (χ4v) is 1.73. The van der Waals surface area contributed by atoms with Gasteiger partial charge in [-0.15, -0.1) is 5.10 Å². The lowest BCUT2D eigenvalue weighted by molar-refractivity contribution is -0.458. The second-order valence-electron chi connectivity index (χ2n) is 4.60. The van der Waals surface area contributed by atoms with Gasteiger partial charge in [0, 0.05) is 20.3 Å². The van der Waals surface area contributed by atoms with Crippen LogP contribution in [0.3, 0.4) is 0 Å². The molecule has 18 heavy (non-hydrogen) atoms. The van der Waals surface area contributed by atoms with E-state index >= 15 is 0 Å². The van der Waals surface area contributed by atoms with Crippen LogP contribution in [0.1, 0.15) is 0 Å². The first-order valence-corrected chi connectivity index (χ1v) is 5.78. The normalized spacial score (nSPS) is 11.7. The fourth-order valence-electron chi connectivity index (χ4n) is 1.73. The number of rotatable bonds is 3. The van der Waals surface area contributed by atoms with Crippen LogP contribution in [-0.2, 0) is 0 Å². The van der Waals surface area contributed by atoms with E-state index in [2.05, 4.69) is 10.3 Å². The van der Waals surface area contributed by atoms with Gasteiger partial charge in [-0.25, -0.2) is 9.26 Å². The van der Waals surface area contributed by atoms with Crippen LogP contribution in [0.2, 0.25) is 0 Å². The van der Waals surface area contributed by atoms with Crippen LogP contribution >= 0.6 is 0 Å². The lowest BCUT2D eigenvalue weighted by Gasteiger charge is -2.07. The number of fused-ring (bicyclic) bond motifs is 1. The summed E-state index contributed by atoms with van der Waals surface area (Å²) in [6.07, 6.45) is 4.03. The Morgan fingerprint density at radius 2 is 2.00 bits per heavy atom. The van der Waals surface area contributed by atoms with Crippen LogP contribution in [0, 0.1) is 0 Å². The molecule has 0 fully saturated rings. The first-order chi connectivity index (χ1) is 8.58. The van der Waals surface area contributed by atoms with Gasteiger partial charge in [-0.2, -0.15) is 0 Å². The molecule has 0 aliphatic heterocycles. The van der Waals surface area contributed by atoms with Crippen LogP contribution in [0.5, 0.6) is 0 Å². The van der Waals surface area contributed by atoms with E-state index in [4.69, 9.17) is 0 Å². The second kappa shape index (κ2) is 5.00. The lowest BCUT2D eigenvalue weighted by Crippen LogP contribution is -2.12. The van der Waals surface area contributed by atoms with Gasteiger partial charge in [0.25, 0.3) is 0 Å². The van der Waals surface area contributed by atoms with E-state index in [1.54, 1.807) is 0 Å². The summed E-state index contributed by atoms with van der Waals surface area (Å²) in [6, 6.07) is 7.93. The van der Waals surface area contributed by atoms with Crippen molar-refractivity contribution >= 4 is 22.9 Å². The molecule has 0 bridgehead atoms. The summed E-state index contributed by atoms with van der Waals surface area (Å²) in [5.74, 6) is 0. The van der Waals surface area contributed by atoms with Crippen molar-refractivity contribution in [2.45, 2.75) is 0 Å². The molecule has 0 saturated carbocycles. The van der Waals surface area contributed by atoms with Crippen molar-refractivity contribution in [2.75, 3.05) is 28.2 Å². The smallest absolute Gasteiger partial charge is 0.190 e. The van der Waals surface area contributed by atoms with Crippen LogP contribution in [-0.4, -0.2) is 58.9 Å². The van der Waals surface area contributed by atoms with E-state index < -0.39 is 0 Å². The summed E-state index contributed by atoms with van der Waals surface area (Å²) < 4.78 is 3.83. The molecule has 0 unspecified atom stereocenters. The summed E-state index contributed by atoms with van der Waals surface area (Å²) in [6.45, 7) is 0. The van der Waals surface area contributed by atoms with E-state index in [0.29, 0.717) is 0 Å². The number of benzene rings is 1. The Bertz CT molecular complexity index is 603. The highest BCUT2D eigenvalue weighted by atomic mass is 15.4. The zero-order valence-electron chi connectivity index (χ0n) is 11.2. The van der Waals surface area contributed by atoms with Gasteiger partial charge in [0.1, 0.15) is 25.3 Å². The first-order valence-electron chi connectivity index (χ1n) is 5.78. The molecule has 0 amide bonds. The Morgan fingerprint density at radius 1 is 1.28 bits per heavy atom. The molecule has 0 aliphatic carbocycles. The molecular formula is C13H18N5+. The maximum absolute atomic E-state index is 4.22. The molecule has 1 aromatic heterocycles. The minimum Gasteiger partial charge on any atom is -0.382 e. The third kappa shape index (κ3) is 2.56. The highest BCUT2D eigenvalue weighted by molar-refractivity contribution is 6.01. The topological polar surface area (TPSA) is 37.0 Å². The van der Waals surface area contributed by atoms with Gasteiger partial charge in [0.2, 0.25) is 0 Å². The van der Waals surface area contributed by atoms with Crippen LogP contribution in [0.4, 0.5) is 0 Å². The highest BCUT2D eigenvalue weighted by Crippen LogP contribution is 2.13. The van der Waals surface area contributed by atoms with E-state index in [-0.39, 0.29) is 0 Å². The number of para-hydroxylation sites is 1. The molecule has 2 rings (SSSR count). The maximum atomic E-state index is 4.22. The molecule has 0 aliphatic rings. The van der Waals surface area contributed by atoms with Gasteiger partial charge in [0.15, 0.2) is 6.21 Å². The fraction of sp³-hybridized carbons (Fsp3) is 0.308. The zero-order chi connectivity index (χ0) is 13.1. The number of aromatic nitrogens is 3. The Balaban J connectivity index is 2.58. The van der Waals surface area contributed by atoms with E-state index in [0.717, 1.165) is 16.7 Å². The maximum Gasteiger partial charge on any atom is 0.190 e. The SMILES string of the molecule is CN(C)/C=C(/C=[N+](C)C)n1nnc2ccccc21. The predicted molar refractivity (Wildman–Crippen MR) is 73.7 cm³/mol. The van der Waals surface area contributed by atoms with Crippen LogP contribution < -0.4 is 0 Å². The van der Waals surface area contributed by atoms with Crippen molar-refractivity contribution in [1.82, 2.24) is 19.9 Å². The predicted octanol–water partition coefficient (Wildman–Crippen LogP) is 1.13. The number of allylic oxidation sites excluding steroid dienone is 1.